The SMILES string of the molecule is CC1CCC(C(N)=O)CN1c1ccc(C(=O)O)cc1N. The van der Waals surface area contributed by atoms with Crippen LogP contribution < -0.4 is 16.4 Å². The summed E-state index contributed by atoms with van der Waals surface area (Å²) in [6.07, 6.45) is 1.63. The number of aromatic carboxylic acids is 1. The molecule has 108 valence electrons. The molecule has 0 bridgehead atoms. The molecule has 6 nitrogen and oxygen atoms in total. The van der Waals surface area contributed by atoms with Crippen LogP contribution in [0.2, 0.25) is 0 Å². The van der Waals surface area contributed by atoms with Gasteiger partial charge in [0.05, 0.1) is 22.9 Å². The summed E-state index contributed by atoms with van der Waals surface area (Å²) in [5.74, 6) is -1.50. The predicted molar refractivity (Wildman–Crippen MR) is 76.5 cm³/mol. The number of primary amides is 1. The van der Waals surface area contributed by atoms with E-state index in [9.17, 15) is 9.59 Å². The molecule has 2 unspecified atom stereocenters. The Morgan fingerprint density at radius 3 is 2.60 bits per heavy atom. The third kappa shape index (κ3) is 2.68. The van der Waals surface area contributed by atoms with Crippen LogP contribution in [0.5, 0.6) is 0 Å². The summed E-state index contributed by atoms with van der Waals surface area (Å²) in [5.41, 5.74) is 12.7. The number of hydrogen-bond acceptors (Lipinski definition) is 4. The van der Waals surface area contributed by atoms with Gasteiger partial charge in [-0.2, -0.15) is 0 Å². The van der Waals surface area contributed by atoms with Crippen molar-refractivity contribution in [3.8, 4) is 0 Å². The first kappa shape index (κ1) is 14.2. The van der Waals surface area contributed by atoms with Crippen LogP contribution in [0, 0.1) is 5.92 Å². The van der Waals surface area contributed by atoms with Gasteiger partial charge < -0.3 is 21.5 Å². The molecule has 1 aliphatic heterocycles. The van der Waals surface area contributed by atoms with Crippen LogP contribution in [-0.2, 0) is 4.79 Å². The van der Waals surface area contributed by atoms with Crippen LogP contribution in [0.25, 0.3) is 0 Å². The van der Waals surface area contributed by atoms with E-state index in [0.29, 0.717) is 12.2 Å². The molecule has 0 saturated carbocycles. The van der Waals surface area contributed by atoms with E-state index in [-0.39, 0.29) is 23.4 Å². The van der Waals surface area contributed by atoms with Gasteiger partial charge in [0.2, 0.25) is 5.91 Å². The highest BCUT2D eigenvalue weighted by molar-refractivity contribution is 5.90. The first-order valence-electron chi connectivity index (χ1n) is 6.59. The van der Waals surface area contributed by atoms with Crippen molar-refractivity contribution in [2.45, 2.75) is 25.8 Å². The Hall–Kier alpha value is -2.24. The van der Waals surface area contributed by atoms with Crippen LogP contribution in [-0.4, -0.2) is 29.6 Å². The second-order valence-corrected chi connectivity index (χ2v) is 5.26. The minimum Gasteiger partial charge on any atom is -0.478 e. The topological polar surface area (TPSA) is 110 Å². The van der Waals surface area contributed by atoms with Gasteiger partial charge in [-0.25, -0.2) is 4.79 Å². The van der Waals surface area contributed by atoms with Crippen LogP contribution in [0.4, 0.5) is 11.4 Å². The molecular formula is C14H19N3O3. The van der Waals surface area contributed by atoms with Crippen molar-refractivity contribution in [2.75, 3.05) is 17.2 Å². The second kappa shape index (κ2) is 5.40. The molecule has 0 spiro atoms. The van der Waals surface area contributed by atoms with Gasteiger partial charge in [0.25, 0.3) is 0 Å². The van der Waals surface area contributed by atoms with E-state index in [1.165, 1.54) is 12.1 Å². The second-order valence-electron chi connectivity index (χ2n) is 5.26. The molecule has 6 heteroatoms. The fraction of sp³-hybridized carbons (Fsp3) is 0.429. The number of benzene rings is 1. The number of piperidine rings is 1. The fourth-order valence-corrected chi connectivity index (χ4v) is 2.62. The summed E-state index contributed by atoms with van der Waals surface area (Å²) < 4.78 is 0. The van der Waals surface area contributed by atoms with Gasteiger partial charge in [-0.15, -0.1) is 0 Å². The summed E-state index contributed by atoms with van der Waals surface area (Å²) in [6, 6.07) is 4.90. The van der Waals surface area contributed by atoms with Crippen LogP contribution >= 0.6 is 0 Å². The number of nitrogens with zero attached hydrogens (tertiary/aromatic N) is 1. The van der Waals surface area contributed by atoms with E-state index >= 15 is 0 Å². The lowest BCUT2D eigenvalue weighted by Gasteiger charge is -2.39. The lowest BCUT2D eigenvalue weighted by Crippen LogP contribution is -2.46. The number of nitrogen functional groups attached to an aromatic ring is 1. The Morgan fingerprint density at radius 1 is 1.35 bits per heavy atom. The predicted octanol–water partition coefficient (Wildman–Crippen LogP) is 1.06. The van der Waals surface area contributed by atoms with Crippen molar-refractivity contribution in [2.24, 2.45) is 11.7 Å². The van der Waals surface area contributed by atoms with Crippen molar-refractivity contribution in [3.63, 3.8) is 0 Å². The quantitative estimate of drug-likeness (QED) is 0.715. The monoisotopic (exact) mass is 277 g/mol. The first-order valence-corrected chi connectivity index (χ1v) is 6.59. The number of rotatable bonds is 3. The molecule has 5 N–H and O–H groups in total. The van der Waals surface area contributed by atoms with Crippen molar-refractivity contribution in [1.82, 2.24) is 0 Å². The maximum atomic E-state index is 11.4. The zero-order valence-corrected chi connectivity index (χ0v) is 11.4. The molecule has 1 aliphatic rings. The summed E-state index contributed by atoms with van der Waals surface area (Å²) in [5, 5.41) is 8.95. The smallest absolute Gasteiger partial charge is 0.335 e. The molecule has 1 amide bonds. The van der Waals surface area contributed by atoms with Crippen molar-refractivity contribution < 1.29 is 14.7 Å². The van der Waals surface area contributed by atoms with Gasteiger partial charge in [-0.3, -0.25) is 4.79 Å². The molecule has 1 aromatic rings. The number of carboxylic acids is 1. The third-order valence-electron chi connectivity index (χ3n) is 3.87. The lowest BCUT2D eigenvalue weighted by atomic mass is 9.92. The van der Waals surface area contributed by atoms with Gasteiger partial charge in [0.15, 0.2) is 0 Å². The van der Waals surface area contributed by atoms with E-state index in [1.807, 2.05) is 4.90 Å². The molecular weight excluding hydrogens is 258 g/mol. The van der Waals surface area contributed by atoms with Crippen LogP contribution in [0.1, 0.15) is 30.1 Å². The van der Waals surface area contributed by atoms with Crippen molar-refractivity contribution >= 4 is 23.3 Å². The molecule has 1 saturated heterocycles. The molecule has 20 heavy (non-hydrogen) atoms. The van der Waals surface area contributed by atoms with E-state index in [2.05, 4.69) is 6.92 Å². The minimum absolute atomic E-state index is 0.155. The van der Waals surface area contributed by atoms with E-state index < -0.39 is 5.97 Å². The zero-order valence-electron chi connectivity index (χ0n) is 11.4. The van der Waals surface area contributed by atoms with Gasteiger partial charge in [-0.05, 0) is 38.0 Å². The average molecular weight is 277 g/mol. The number of anilines is 2. The Bertz CT molecular complexity index is 544. The fourth-order valence-electron chi connectivity index (χ4n) is 2.62. The van der Waals surface area contributed by atoms with Gasteiger partial charge in [0.1, 0.15) is 0 Å². The highest BCUT2D eigenvalue weighted by atomic mass is 16.4. The zero-order chi connectivity index (χ0) is 14.9. The summed E-state index contributed by atoms with van der Waals surface area (Å²) in [7, 11) is 0. The van der Waals surface area contributed by atoms with E-state index in [0.717, 1.165) is 18.5 Å². The Balaban J connectivity index is 2.29. The van der Waals surface area contributed by atoms with Crippen molar-refractivity contribution in [1.29, 1.82) is 0 Å². The van der Waals surface area contributed by atoms with Crippen molar-refractivity contribution in [3.05, 3.63) is 23.8 Å². The molecule has 1 heterocycles. The molecule has 1 aromatic carbocycles. The number of hydrogen-bond donors (Lipinski definition) is 3. The Labute approximate surface area is 117 Å². The van der Waals surface area contributed by atoms with Gasteiger partial charge in [-0.1, -0.05) is 0 Å². The molecule has 1 fully saturated rings. The third-order valence-corrected chi connectivity index (χ3v) is 3.87. The standard InChI is InChI=1S/C14H19N3O3/c1-8-2-3-10(13(16)18)7-17(8)12-5-4-9(14(19)20)6-11(12)15/h4-6,8,10H,2-3,7,15H2,1H3,(H2,16,18)(H,19,20). The van der Waals surface area contributed by atoms with Crippen LogP contribution in [0.15, 0.2) is 18.2 Å². The number of amides is 1. The van der Waals surface area contributed by atoms with Crippen LogP contribution in [0.3, 0.4) is 0 Å². The molecule has 0 radical (unpaired) electrons. The highest BCUT2D eigenvalue weighted by Crippen LogP contribution is 2.32. The Kier molecular flexibility index (Phi) is 3.83. The normalized spacial score (nSPS) is 22.6. The molecule has 2 atom stereocenters. The van der Waals surface area contributed by atoms with E-state index in [1.54, 1.807) is 6.07 Å². The highest BCUT2D eigenvalue weighted by Gasteiger charge is 2.29. The molecule has 0 aliphatic carbocycles. The molecule has 0 aromatic heterocycles. The Morgan fingerprint density at radius 2 is 2.05 bits per heavy atom. The van der Waals surface area contributed by atoms with Gasteiger partial charge in [0, 0.05) is 12.6 Å². The molecule has 2 rings (SSSR count). The van der Waals surface area contributed by atoms with E-state index in [4.69, 9.17) is 16.6 Å². The summed E-state index contributed by atoms with van der Waals surface area (Å²) in [6.45, 7) is 2.58. The number of carbonyl (C=O) groups is 2. The minimum atomic E-state index is -1.01. The lowest BCUT2D eigenvalue weighted by molar-refractivity contribution is -0.122. The number of carboxylic acid groups (broad SMARTS) is 1. The average Bonchev–Trinajstić information content (AvgIpc) is 2.39. The maximum absolute atomic E-state index is 11.4. The number of nitrogens with two attached hydrogens (primary N) is 2. The maximum Gasteiger partial charge on any atom is 0.335 e. The first-order chi connectivity index (χ1) is 9.40. The largest absolute Gasteiger partial charge is 0.478 e. The summed E-state index contributed by atoms with van der Waals surface area (Å²) >= 11 is 0. The number of carbonyl (C=O) groups excluding carboxylic acids is 1. The summed E-state index contributed by atoms with van der Waals surface area (Å²) in [4.78, 5) is 24.3. The van der Waals surface area contributed by atoms with Gasteiger partial charge >= 0.3 is 5.97 Å².